The highest BCUT2D eigenvalue weighted by Crippen LogP contribution is 2.25. The molecule has 3 heterocycles. The molecular formula is C29H34N4O3. The molecule has 2 aromatic carbocycles. The number of piperidine rings is 1. The van der Waals surface area contributed by atoms with Gasteiger partial charge in [-0.1, -0.05) is 38.8 Å². The van der Waals surface area contributed by atoms with Crippen molar-refractivity contribution >= 4 is 28.4 Å². The molecule has 5 rings (SSSR count). The Hall–Kier alpha value is -3.48. The minimum absolute atomic E-state index is 0.0372. The first-order chi connectivity index (χ1) is 17.4. The van der Waals surface area contributed by atoms with Crippen molar-refractivity contribution in [2.45, 2.75) is 58.9 Å². The molecule has 2 aliphatic rings. The highest BCUT2D eigenvalue weighted by molar-refractivity contribution is 6.10. The molecule has 188 valence electrons. The number of hydrogen-bond donors (Lipinski definition) is 1. The lowest BCUT2D eigenvalue weighted by Crippen LogP contribution is -2.42. The standard InChI is InChI=1S/C29H34N4O3/c1-19-15-20(2)18-32(17-19)28(35)22-9-6-7-10-24(22)31-27(34)21-12-13-23-25(16-21)30-26-11-5-3-4-8-14-33(26)29(23)36/h6-7,9-10,12-13,16,19-20H,3-5,8,11,14-15,17-18H2,1-2H3,(H,31,34). The minimum Gasteiger partial charge on any atom is -0.338 e. The molecule has 36 heavy (non-hydrogen) atoms. The van der Waals surface area contributed by atoms with Gasteiger partial charge in [0.05, 0.1) is 22.2 Å². The Kier molecular flexibility index (Phi) is 6.90. The summed E-state index contributed by atoms with van der Waals surface area (Å²) >= 11 is 0. The predicted octanol–water partition coefficient (Wildman–Crippen LogP) is 4.88. The number of nitrogens with one attached hydrogen (secondary N) is 1. The van der Waals surface area contributed by atoms with Gasteiger partial charge in [-0.25, -0.2) is 4.98 Å². The molecule has 2 unspecified atom stereocenters. The Morgan fingerprint density at radius 2 is 1.72 bits per heavy atom. The van der Waals surface area contributed by atoms with Gasteiger partial charge in [0.15, 0.2) is 0 Å². The molecule has 7 heteroatoms. The van der Waals surface area contributed by atoms with Crippen LogP contribution in [0, 0.1) is 11.8 Å². The molecule has 3 aromatic rings. The van der Waals surface area contributed by atoms with Gasteiger partial charge in [0, 0.05) is 31.6 Å². The number of nitrogens with zero attached hydrogens (tertiary/aromatic N) is 3. The van der Waals surface area contributed by atoms with Gasteiger partial charge >= 0.3 is 0 Å². The fraction of sp³-hybridized carbons (Fsp3) is 0.448. The van der Waals surface area contributed by atoms with Crippen LogP contribution in [0.4, 0.5) is 5.69 Å². The second-order valence-corrected chi connectivity index (χ2v) is 10.5. The number of aryl methyl sites for hydroxylation is 1. The van der Waals surface area contributed by atoms with E-state index < -0.39 is 0 Å². The first kappa shape index (κ1) is 24.2. The SMILES string of the molecule is CC1CC(C)CN(C(=O)c2ccccc2NC(=O)c2ccc3c(=O)n4c(nc3c2)CCCCCC4)C1. The van der Waals surface area contributed by atoms with Crippen LogP contribution in [-0.2, 0) is 13.0 Å². The second-order valence-electron chi connectivity index (χ2n) is 10.5. The number of amides is 2. The highest BCUT2D eigenvalue weighted by atomic mass is 16.2. The Balaban J connectivity index is 1.41. The maximum absolute atomic E-state index is 13.4. The molecule has 1 fully saturated rings. The van der Waals surface area contributed by atoms with Crippen molar-refractivity contribution in [1.82, 2.24) is 14.5 Å². The summed E-state index contributed by atoms with van der Waals surface area (Å²) in [5, 5.41) is 3.46. The van der Waals surface area contributed by atoms with E-state index in [0.29, 0.717) is 46.1 Å². The van der Waals surface area contributed by atoms with Gasteiger partial charge in [-0.2, -0.15) is 0 Å². The van der Waals surface area contributed by atoms with Gasteiger partial charge in [-0.3, -0.25) is 19.0 Å². The number of benzene rings is 2. The van der Waals surface area contributed by atoms with Crippen molar-refractivity contribution in [2.75, 3.05) is 18.4 Å². The molecule has 0 aliphatic carbocycles. The zero-order valence-corrected chi connectivity index (χ0v) is 21.1. The maximum Gasteiger partial charge on any atom is 0.261 e. The zero-order chi connectivity index (χ0) is 25.2. The number of aromatic nitrogens is 2. The average molecular weight is 487 g/mol. The predicted molar refractivity (Wildman–Crippen MR) is 141 cm³/mol. The summed E-state index contributed by atoms with van der Waals surface area (Å²) in [6.45, 7) is 6.48. The maximum atomic E-state index is 13.4. The van der Waals surface area contributed by atoms with Gasteiger partial charge in [0.2, 0.25) is 0 Å². The number of rotatable bonds is 3. The lowest BCUT2D eigenvalue weighted by atomic mass is 9.91. The van der Waals surface area contributed by atoms with Crippen LogP contribution in [-0.4, -0.2) is 39.4 Å². The number of likely N-dealkylation sites (tertiary alicyclic amines) is 1. The molecule has 2 aliphatic heterocycles. The Bertz CT molecular complexity index is 1350. The molecule has 2 atom stereocenters. The van der Waals surface area contributed by atoms with Crippen LogP contribution in [0.3, 0.4) is 0 Å². The van der Waals surface area contributed by atoms with Gasteiger partial charge in [-0.05, 0) is 61.4 Å². The van der Waals surface area contributed by atoms with E-state index in [1.807, 2.05) is 17.0 Å². The number of fused-ring (bicyclic) bond motifs is 2. The van der Waals surface area contributed by atoms with E-state index in [2.05, 4.69) is 19.2 Å². The molecule has 1 saturated heterocycles. The summed E-state index contributed by atoms with van der Waals surface area (Å²) in [5.74, 6) is 1.31. The van der Waals surface area contributed by atoms with Crippen molar-refractivity contribution in [2.24, 2.45) is 11.8 Å². The van der Waals surface area contributed by atoms with Gasteiger partial charge in [0.1, 0.15) is 5.82 Å². The summed E-state index contributed by atoms with van der Waals surface area (Å²) in [6, 6.07) is 12.2. The van der Waals surface area contributed by atoms with Crippen molar-refractivity contribution < 1.29 is 9.59 Å². The van der Waals surface area contributed by atoms with E-state index in [1.54, 1.807) is 34.9 Å². The molecule has 0 radical (unpaired) electrons. The van der Waals surface area contributed by atoms with E-state index in [1.165, 1.54) is 0 Å². The third-order valence-corrected chi connectivity index (χ3v) is 7.39. The molecule has 1 N–H and O–H groups in total. The van der Waals surface area contributed by atoms with E-state index in [9.17, 15) is 14.4 Å². The van der Waals surface area contributed by atoms with Crippen LogP contribution in [0.5, 0.6) is 0 Å². The first-order valence-corrected chi connectivity index (χ1v) is 13.1. The summed E-state index contributed by atoms with van der Waals surface area (Å²) in [7, 11) is 0. The van der Waals surface area contributed by atoms with Gasteiger partial charge in [-0.15, -0.1) is 0 Å². The van der Waals surface area contributed by atoms with Crippen LogP contribution >= 0.6 is 0 Å². The zero-order valence-electron chi connectivity index (χ0n) is 21.1. The highest BCUT2D eigenvalue weighted by Gasteiger charge is 2.27. The topological polar surface area (TPSA) is 84.3 Å². The lowest BCUT2D eigenvalue weighted by Gasteiger charge is -2.35. The molecule has 0 spiro atoms. The van der Waals surface area contributed by atoms with Crippen LogP contribution in [0.25, 0.3) is 10.9 Å². The largest absolute Gasteiger partial charge is 0.338 e. The van der Waals surface area contributed by atoms with E-state index >= 15 is 0 Å². The van der Waals surface area contributed by atoms with Crippen molar-refractivity contribution in [3.8, 4) is 0 Å². The third-order valence-electron chi connectivity index (χ3n) is 7.39. The Labute approximate surface area is 211 Å². The number of carbonyl (C=O) groups excluding carboxylic acids is 2. The number of anilines is 1. The quantitative estimate of drug-likeness (QED) is 0.572. The van der Waals surface area contributed by atoms with E-state index in [-0.39, 0.29) is 17.4 Å². The smallest absolute Gasteiger partial charge is 0.261 e. The molecule has 0 bridgehead atoms. The fourth-order valence-electron chi connectivity index (χ4n) is 5.71. The normalized spacial score (nSPS) is 20.3. The van der Waals surface area contributed by atoms with Crippen LogP contribution in [0.1, 0.15) is 72.5 Å². The Morgan fingerprint density at radius 1 is 0.972 bits per heavy atom. The van der Waals surface area contributed by atoms with Crippen LogP contribution in [0.15, 0.2) is 47.3 Å². The van der Waals surface area contributed by atoms with Crippen molar-refractivity contribution in [3.63, 3.8) is 0 Å². The number of carbonyl (C=O) groups is 2. The van der Waals surface area contributed by atoms with Gasteiger partial charge < -0.3 is 10.2 Å². The van der Waals surface area contributed by atoms with Crippen molar-refractivity contribution in [1.29, 1.82) is 0 Å². The Morgan fingerprint density at radius 3 is 2.53 bits per heavy atom. The number of para-hydroxylation sites is 1. The summed E-state index contributed by atoms with van der Waals surface area (Å²) in [4.78, 5) is 46.4. The second kappa shape index (κ2) is 10.2. The molecule has 1 aromatic heterocycles. The number of hydrogen-bond acceptors (Lipinski definition) is 4. The van der Waals surface area contributed by atoms with E-state index in [0.717, 1.165) is 57.4 Å². The monoisotopic (exact) mass is 486 g/mol. The molecule has 2 amide bonds. The lowest BCUT2D eigenvalue weighted by molar-refractivity contribution is 0.0624. The summed E-state index contributed by atoms with van der Waals surface area (Å²) in [6.07, 6.45) is 6.15. The molecule has 7 nitrogen and oxygen atoms in total. The third kappa shape index (κ3) is 4.92. The van der Waals surface area contributed by atoms with Crippen LogP contribution < -0.4 is 10.9 Å². The fourth-order valence-corrected chi connectivity index (χ4v) is 5.71. The minimum atomic E-state index is -0.328. The summed E-state index contributed by atoms with van der Waals surface area (Å²) < 4.78 is 1.80. The van der Waals surface area contributed by atoms with Crippen LogP contribution in [0.2, 0.25) is 0 Å². The molecule has 0 saturated carbocycles. The van der Waals surface area contributed by atoms with Gasteiger partial charge in [0.25, 0.3) is 17.4 Å². The van der Waals surface area contributed by atoms with E-state index in [4.69, 9.17) is 4.98 Å². The summed E-state index contributed by atoms with van der Waals surface area (Å²) in [5.41, 5.74) is 1.90. The molecular weight excluding hydrogens is 452 g/mol. The first-order valence-electron chi connectivity index (χ1n) is 13.1. The van der Waals surface area contributed by atoms with Crippen molar-refractivity contribution in [3.05, 3.63) is 69.8 Å². The average Bonchev–Trinajstić information content (AvgIpc) is 2.84.